The molecule has 1 N–H and O–H groups in total. The second-order valence-corrected chi connectivity index (χ2v) is 7.44. The van der Waals surface area contributed by atoms with E-state index in [9.17, 15) is 8.76 Å². The Morgan fingerprint density at radius 2 is 1.67 bits per heavy atom. The van der Waals surface area contributed by atoms with Crippen molar-refractivity contribution >= 4 is 40.0 Å². The SMILES string of the molecule is O=S([O-])c1ccc(OCc2c(Cl)cccc2Cl)cc1CNc1ccccc1. The second-order valence-electron chi connectivity index (χ2n) is 5.71. The highest BCUT2D eigenvalue weighted by molar-refractivity contribution is 7.79. The first-order chi connectivity index (χ1) is 13.0. The lowest BCUT2D eigenvalue weighted by Gasteiger charge is -2.16. The molecule has 7 heteroatoms. The van der Waals surface area contributed by atoms with Crippen LogP contribution in [-0.2, 0) is 24.2 Å². The number of benzene rings is 3. The molecular formula is C20H16Cl2NO3S-. The Morgan fingerprint density at radius 1 is 0.963 bits per heavy atom. The zero-order valence-electron chi connectivity index (χ0n) is 14.2. The lowest BCUT2D eigenvalue weighted by molar-refractivity contribution is 0.306. The molecule has 0 saturated carbocycles. The minimum absolute atomic E-state index is 0.184. The zero-order chi connectivity index (χ0) is 19.2. The van der Waals surface area contributed by atoms with Crippen molar-refractivity contribution in [2.24, 2.45) is 0 Å². The van der Waals surface area contributed by atoms with E-state index >= 15 is 0 Å². The summed E-state index contributed by atoms with van der Waals surface area (Å²) in [7, 11) is 0. The average Bonchev–Trinajstić information content (AvgIpc) is 2.66. The summed E-state index contributed by atoms with van der Waals surface area (Å²) in [5.74, 6) is 0.532. The van der Waals surface area contributed by atoms with Crippen molar-refractivity contribution in [3.05, 3.63) is 87.9 Å². The lowest BCUT2D eigenvalue weighted by atomic mass is 10.2. The molecule has 0 bridgehead atoms. The number of halogens is 2. The highest BCUT2D eigenvalue weighted by atomic mass is 35.5. The number of para-hydroxylation sites is 1. The number of rotatable bonds is 7. The largest absolute Gasteiger partial charge is 0.768 e. The maximum Gasteiger partial charge on any atom is 0.120 e. The second kappa shape index (κ2) is 9.24. The van der Waals surface area contributed by atoms with Gasteiger partial charge in [-0.25, -0.2) is 0 Å². The molecular weight excluding hydrogens is 405 g/mol. The monoisotopic (exact) mass is 420 g/mol. The first-order valence-electron chi connectivity index (χ1n) is 8.11. The van der Waals surface area contributed by atoms with Crippen molar-refractivity contribution in [2.45, 2.75) is 18.0 Å². The molecule has 0 aromatic heterocycles. The third kappa shape index (κ3) is 5.23. The van der Waals surface area contributed by atoms with Crippen LogP contribution in [0.4, 0.5) is 5.69 Å². The van der Waals surface area contributed by atoms with Gasteiger partial charge in [0.2, 0.25) is 0 Å². The summed E-state index contributed by atoms with van der Waals surface area (Å²) in [5, 5.41) is 4.24. The van der Waals surface area contributed by atoms with E-state index in [2.05, 4.69) is 5.32 Å². The van der Waals surface area contributed by atoms with Crippen LogP contribution in [0.5, 0.6) is 5.75 Å². The minimum atomic E-state index is -2.34. The van der Waals surface area contributed by atoms with E-state index in [1.54, 1.807) is 30.3 Å². The zero-order valence-corrected chi connectivity index (χ0v) is 16.5. The van der Waals surface area contributed by atoms with Crippen molar-refractivity contribution in [2.75, 3.05) is 5.32 Å². The van der Waals surface area contributed by atoms with E-state index in [0.29, 0.717) is 33.5 Å². The van der Waals surface area contributed by atoms with E-state index in [-0.39, 0.29) is 11.5 Å². The van der Waals surface area contributed by atoms with Crippen LogP contribution in [0, 0.1) is 0 Å². The third-order valence-electron chi connectivity index (χ3n) is 3.91. The molecule has 140 valence electrons. The summed E-state index contributed by atoms with van der Waals surface area (Å²) in [6.07, 6.45) is 0. The Hall–Kier alpha value is -2.05. The summed E-state index contributed by atoms with van der Waals surface area (Å²) in [6, 6.07) is 19.6. The van der Waals surface area contributed by atoms with E-state index < -0.39 is 11.1 Å². The van der Waals surface area contributed by atoms with Crippen LogP contribution in [0.25, 0.3) is 0 Å². The molecule has 0 aliphatic rings. The fourth-order valence-electron chi connectivity index (χ4n) is 2.53. The van der Waals surface area contributed by atoms with Crippen LogP contribution in [0.1, 0.15) is 11.1 Å². The van der Waals surface area contributed by atoms with E-state index in [0.717, 1.165) is 5.69 Å². The Bertz CT molecular complexity index is 931. The van der Waals surface area contributed by atoms with Crippen LogP contribution in [0.3, 0.4) is 0 Å². The molecule has 3 aromatic carbocycles. The molecule has 3 rings (SSSR count). The maximum atomic E-state index is 11.5. The highest BCUT2D eigenvalue weighted by Gasteiger charge is 2.09. The smallest absolute Gasteiger partial charge is 0.120 e. The van der Waals surface area contributed by atoms with Gasteiger partial charge < -0.3 is 14.6 Å². The Morgan fingerprint density at radius 3 is 2.33 bits per heavy atom. The average molecular weight is 421 g/mol. The van der Waals surface area contributed by atoms with Gasteiger partial charge in [-0.2, -0.15) is 0 Å². The molecule has 0 heterocycles. The minimum Gasteiger partial charge on any atom is -0.768 e. The predicted molar refractivity (Wildman–Crippen MR) is 108 cm³/mol. The van der Waals surface area contributed by atoms with Crippen LogP contribution in [0.2, 0.25) is 10.0 Å². The summed E-state index contributed by atoms with van der Waals surface area (Å²) in [4.78, 5) is 0.224. The van der Waals surface area contributed by atoms with Crippen LogP contribution < -0.4 is 10.1 Å². The predicted octanol–water partition coefficient (Wildman–Crippen LogP) is 5.42. The molecule has 3 aromatic rings. The third-order valence-corrected chi connectivity index (χ3v) is 5.38. The molecule has 0 saturated heterocycles. The van der Waals surface area contributed by atoms with E-state index in [1.165, 1.54) is 6.07 Å². The normalized spacial score (nSPS) is 11.8. The van der Waals surface area contributed by atoms with Gasteiger partial charge in [-0.05, 0) is 59.1 Å². The van der Waals surface area contributed by atoms with Crippen molar-refractivity contribution in [1.29, 1.82) is 0 Å². The molecule has 4 nitrogen and oxygen atoms in total. The topological polar surface area (TPSA) is 61.4 Å². The number of hydrogen-bond acceptors (Lipinski definition) is 4. The van der Waals surface area contributed by atoms with Crippen molar-refractivity contribution in [3.63, 3.8) is 0 Å². The van der Waals surface area contributed by atoms with Crippen LogP contribution in [-0.4, -0.2) is 8.76 Å². The molecule has 27 heavy (non-hydrogen) atoms. The molecule has 0 spiro atoms. The van der Waals surface area contributed by atoms with Crippen molar-refractivity contribution in [1.82, 2.24) is 0 Å². The van der Waals surface area contributed by atoms with E-state index in [1.807, 2.05) is 30.3 Å². The molecule has 0 aliphatic carbocycles. The molecule has 1 atom stereocenters. The maximum absolute atomic E-state index is 11.5. The van der Waals surface area contributed by atoms with Crippen molar-refractivity contribution in [3.8, 4) is 5.75 Å². The summed E-state index contributed by atoms with van der Waals surface area (Å²) in [6.45, 7) is 0.529. The number of anilines is 1. The first kappa shape index (κ1) is 19.7. The summed E-state index contributed by atoms with van der Waals surface area (Å²) >= 11 is 9.97. The molecule has 0 fully saturated rings. The van der Waals surface area contributed by atoms with Gasteiger partial charge in [0.05, 0.1) is 0 Å². The van der Waals surface area contributed by atoms with Crippen LogP contribution >= 0.6 is 23.2 Å². The van der Waals surface area contributed by atoms with Gasteiger partial charge in [0.1, 0.15) is 12.4 Å². The summed E-state index contributed by atoms with van der Waals surface area (Å²) < 4.78 is 28.8. The van der Waals surface area contributed by atoms with Gasteiger partial charge in [-0.1, -0.05) is 47.5 Å². The van der Waals surface area contributed by atoms with E-state index in [4.69, 9.17) is 27.9 Å². The van der Waals surface area contributed by atoms with Gasteiger partial charge in [-0.15, -0.1) is 0 Å². The summed E-state index contributed by atoms with van der Waals surface area (Å²) in [5.41, 5.74) is 2.19. The molecule has 1 unspecified atom stereocenters. The van der Waals surface area contributed by atoms with Crippen molar-refractivity contribution < 1.29 is 13.5 Å². The Kier molecular flexibility index (Phi) is 6.74. The molecule has 0 amide bonds. The molecule has 0 aliphatic heterocycles. The quantitative estimate of drug-likeness (QED) is 0.518. The fraction of sp³-hybridized carbons (Fsp3) is 0.100. The van der Waals surface area contributed by atoms with Crippen LogP contribution in [0.15, 0.2) is 71.6 Å². The van der Waals surface area contributed by atoms with Gasteiger partial charge in [0, 0.05) is 32.7 Å². The molecule has 0 radical (unpaired) electrons. The van der Waals surface area contributed by atoms with Gasteiger partial charge in [-0.3, -0.25) is 4.21 Å². The van der Waals surface area contributed by atoms with Gasteiger partial charge >= 0.3 is 0 Å². The number of hydrogen-bond donors (Lipinski definition) is 1. The highest BCUT2D eigenvalue weighted by Crippen LogP contribution is 2.27. The number of ether oxygens (including phenoxy) is 1. The lowest BCUT2D eigenvalue weighted by Crippen LogP contribution is -2.05. The van der Waals surface area contributed by atoms with Gasteiger partial charge in [0.15, 0.2) is 0 Å². The first-order valence-corrected chi connectivity index (χ1v) is 9.94. The fourth-order valence-corrected chi connectivity index (χ4v) is 3.56. The Balaban J connectivity index is 1.77. The standard InChI is InChI=1S/C20H17Cl2NO3S/c21-18-7-4-8-19(22)17(18)13-26-16-9-10-20(27(24)25)14(11-16)12-23-15-5-2-1-3-6-15/h1-11,23H,12-13H2,(H,24,25)/p-1. The van der Waals surface area contributed by atoms with Gasteiger partial charge in [0.25, 0.3) is 0 Å². The number of nitrogens with one attached hydrogen (secondary N) is 1. The Labute approximate surface area is 170 Å².